The molecule has 0 aliphatic carbocycles. The monoisotopic (exact) mass is 282 g/mol. The molecule has 1 saturated heterocycles. The second kappa shape index (κ2) is 7.02. The molecule has 4 heteroatoms. The Kier molecular flexibility index (Phi) is 5.35. The number of hydrogen-bond acceptors (Lipinski definition) is 2. The predicted octanol–water partition coefficient (Wildman–Crippen LogP) is 3.70. The van der Waals surface area contributed by atoms with Crippen LogP contribution in [0.15, 0.2) is 12.1 Å². The molecule has 1 aromatic carbocycles. The third-order valence-electron chi connectivity index (χ3n) is 4.01. The molecule has 1 N–H and O–H groups in total. The lowest BCUT2D eigenvalue weighted by atomic mass is 10.1. The summed E-state index contributed by atoms with van der Waals surface area (Å²) in [5.41, 5.74) is 0.823. The minimum absolute atomic E-state index is 0.153. The molecule has 1 fully saturated rings. The van der Waals surface area contributed by atoms with Crippen molar-refractivity contribution in [1.29, 1.82) is 0 Å². The van der Waals surface area contributed by atoms with E-state index in [2.05, 4.69) is 19.2 Å². The summed E-state index contributed by atoms with van der Waals surface area (Å²) < 4.78 is 28.4. The fourth-order valence-electron chi connectivity index (χ4n) is 2.80. The van der Waals surface area contributed by atoms with E-state index in [1.165, 1.54) is 12.1 Å². The molecule has 20 heavy (non-hydrogen) atoms. The highest BCUT2D eigenvalue weighted by atomic mass is 19.1. The van der Waals surface area contributed by atoms with Crippen LogP contribution in [-0.2, 0) is 6.54 Å². The van der Waals surface area contributed by atoms with Crippen LogP contribution in [0.3, 0.4) is 0 Å². The van der Waals surface area contributed by atoms with Gasteiger partial charge in [-0.1, -0.05) is 20.3 Å². The maximum absolute atomic E-state index is 14.2. The summed E-state index contributed by atoms with van der Waals surface area (Å²) in [4.78, 5) is 1.85. The van der Waals surface area contributed by atoms with Crippen molar-refractivity contribution in [3.05, 3.63) is 29.3 Å². The van der Waals surface area contributed by atoms with Gasteiger partial charge in [0.2, 0.25) is 0 Å². The second-order valence-corrected chi connectivity index (χ2v) is 5.59. The Morgan fingerprint density at radius 1 is 1.25 bits per heavy atom. The summed E-state index contributed by atoms with van der Waals surface area (Å²) >= 11 is 0. The third-order valence-corrected chi connectivity index (χ3v) is 4.01. The highest BCUT2D eigenvalue weighted by molar-refractivity contribution is 5.51. The van der Waals surface area contributed by atoms with Crippen LogP contribution in [0.25, 0.3) is 0 Å². The van der Waals surface area contributed by atoms with E-state index in [-0.39, 0.29) is 5.69 Å². The van der Waals surface area contributed by atoms with Crippen LogP contribution in [0.5, 0.6) is 0 Å². The van der Waals surface area contributed by atoms with Gasteiger partial charge in [-0.05, 0) is 43.0 Å². The molecule has 2 rings (SSSR count). The standard InChI is InChI=1S/C16H24F2N2/c1-3-6-19-10-13-8-14(17)16(15(18)9-13)20-7-5-12(4-2)11-20/h8-9,12,19H,3-7,10-11H2,1-2H3. The number of hydrogen-bond donors (Lipinski definition) is 1. The van der Waals surface area contributed by atoms with Crippen molar-refractivity contribution in [3.63, 3.8) is 0 Å². The summed E-state index contributed by atoms with van der Waals surface area (Å²) in [6.45, 7) is 7.07. The molecule has 2 nitrogen and oxygen atoms in total. The molecular weight excluding hydrogens is 258 g/mol. The van der Waals surface area contributed by atoms with Crippen LogP contribution >= 0.6 is 0 Å². The normalized spacial score (nSPS) is 18.8. The van der Waals surface area contributed by atoms with E-state index < -0.39 is 11.6 Å². The number of nitrogens with zero attached hydrogens (tertiary/aromatic N) is 1. The number of rotatable bonds is 6. The SMILES string of the molecule is CCCNCc1cc(F)c(N2CCC(CC)C2)c(F)c1. The van der Waals surface area contributed by atoms with Gasteiger partial charge < -0.3 is 10.2 Å². The molecule has 1 unspecified atom stereocenters. The molecule has 0 radical (unpaired) electrons. The quantitative estimate of drug-likeness (QED) is 0.800. The van der Waals surface area contributed by atoms with E-state index in [1.54, 1.807) is 0 Å². The van der Waals surface area contributed by atoms with E-state index in [4.69, 9.17) is 0 Å². The van der Waals surface area contributed by atoms with Crippen molar-refractivity contribution in [3.8, 4) is 0 Å². The summed E-state index contributed by atoms with van der Waals surface area (Å²) in [7, 11) is 0. The predicted molar refractivity (Wildman–Crippen MR) is 79.0 cm³/mol. The Morgan fingerprint density at radius 3 is 2.50 bits per heavy atom. The fraction of sp³-hybridized carbons (Fsp3) is 0.625. The van der Waals surface area contributed by atoms with Gasteiger partial charge >= 0.3 is 0 Å². The molecule has 1 aliphatic rings. The lowest BCUT2D eigenvalue weighted by molar-refractivity contribution is 0.555. The molecule has 0 saturated carbocycles. The Balaban J connectivity index is 2.10. The highest BCUT2D eigenvalue weighted by Gasteiger charge is 2.26. The van der Waals surface area contributed by atoms with E-state index in [0.29, 0.717) is 18.0 Å². The summed E-state index contributed by atoms with van der Waals surface area (Å²) in [6, 6.07) is 2.92. The van der Waals surface area contributed by atoms with Crippen molar-refractivity contribution in [2.75, 3.05) is 24.5 Å². The molecule has 0 aromatic heterocycles. The van der Waals surface area contributed by atoms with Gasteiger partial charge in [0.1, 0.15) is 17.3 Å². The largest absolute Gasteiger partial charge is 0.367 e. The van der Waals surface area contributed by atoms with Crippen LogP contribution in [0.4, 0.5) is 14.5 Å². The van der Waals surface area contributed by atoms with Gasteiger partial charge in [0, 0.05) is 19.6 Å². The smallest absolute Gasteiger partial charge is 0.149 e. The van der Waals surface area contributed by atoms with Gasteiger partial charge in [-0.3, -0.25) is 0 Å². The molecule has 0 bridgehead atoms. The number of nitrogens with one attached hydrogen (secondary N) is 1. The lowest BCUT2D eigenvalue weighted by Crippen LogP contribution is -2.22. The molecule has 0 spiro atoms. The number of anilines is 1. The van der Waals surface area contributed by atoms with Crippen molar-refractivity contribution >= 4 is 5.69 Å². The minimum atomic E-state index is -0.435. The topological polar surface area (TPSA) is 15.3 Å². The van der Waals surface area contributed by atoms with Gasteiger partial charge in [0.25, 0.3) is 0 Å². The molecule has 1 atom stereocenters. The highest BCUT2D eigenvalue weighted by Crippen LogP contribution is 2.30. The Labute approximate surface area is 120 Å². The van der Waals surface area contributed by atoms with Gasteiger partial charge in [-0.25, -0.2) is 8.78 Å². The summed E-state index contributed by atoms with van der Waals surface area (Å²) in [5, 5.41) is 3.16. The maximum Gasteiger partial charge on any atom is 0.149 e. The van der Waals surface area contributed by atoms with Crippen LogP contribution in [0.1, 0.15) is 38.7 Å². The second-order valence-electron chi connectivity index (χ2n) is 5.59. The first-order chi connectivity index (χ1) is 9.65. The Morgan fingerprint density at radius 2 is 1.95 bits per heavy atom. The van der Waals surface area contributed by atoms with Crippen LogP contribution in [-0.4, -0.2) is 19.6 Å². The lowest BCUT2D eigenvalue weighted by Gasteiger charge is -2.20. The average molecular weight is 282 g/mol. The fourth-order valence-corrected chi connectivity index (χ4v) is 2.80. The van der Waals surface area contributed by atoms with E-state index in [9.17, 15) is 8.78 Å². The van der Waals surface area contributed by atoms with Crippen LogP contribution in [0.2, 0.25) is 0 Å². The number of halogens is 2. The zero-order valence-electron chi connectivity index (χ0n) is 12.4. The number of benzene rings is 1. The zero-order chi connectivity index (χ0) is 14.5. The molecule has 112 valence electrons. The van der Waals surface area contributed by atoms with Crippen molar-refractivity contribution in [2.24, 2.45) is 5.92 Å². The maximum atomic E-state index is 14.2. The Bertz CT molecular complexity index is 425. The van der Waals surface area contributed by atoms with Gasteiger partial charge in [0.05, 0.1) is 0 Å². The first kappa shape index (κ1) is 15.2. The van der Waals surface area contributed by atoms with Crippen LogP contribution < -0.4 is 10.2 Å². The first-order valence-corrected chi connectivity index (χ1v) is 7.59. The molecule has 1 aromatic rings. The molecular formula is C16H24F2N2. The van der Waals surface area contributed by atoms with Crippen molar-refractivity contribution in [2.45, 2.75) is 39.7 Å². The van der Waals surface area contributed by atoms with Gasteiger partial charge in [0.15, 0.2) is 0 Å². The van der Waals surface area contributed by atoms with Crippen molar-refractivity contribution < 1.29 is 8.78 Å². The van der Waals surface area contributed by atoms with Crippen molar-refractivity contribution in [1.82, 2.24) is 5.32 Å². The average Bonchev–Trinajstić information content (AvgIpc) is 2.87. The minimum Gasteiger partial charge on any atom is -0.367 e. The van der Waals surface area contributed by atoms with E-state index in [1.807, 2.05) is 4.90 Å². The zero-order valence-corrected chi connectivity index (χ0v) is 12.4. The van der Waals surface area contributed by atoms with Gasteiger partial charge in [-0.2, -0.15) is 0 Å². The molecule has 0 amide bonds. The van der Waals surface area contributed by atoms with Crippen LogP contribution in [0, 0.1) is 17.6 Å². The van der Waals surface area contributed by atoms with E-state index in [0.717, 1.165) is 38.9 Å². The summed E-state index contributed by atoms with van der Waals surface area (Å²) in [5.74, 6) is -0.315. The van der Waals surface area contributed by atoms with Gasteiger partial charge in [-0.15, -0.1) is 0 Å². The first-order valence-electron chi connectivity index (χ1n) is 7.59. The summed E-state index contributed by atoms with van der Waals surface area (Å²) in [6.07, 6.45) is 3.10. The molecule has 1 aliphatic heterocycles. The van der Waals surface area contributed by atoms with E-state index >= 15 is 0 Å². The third kappa shape index (κ3) is 3.48. The Hall–Kier alpha value is -1.16. The molecule has 1 heterocycles.